The highest BCUT2D eigenvalue weighted by Crippen LogP contribution is 2.41. The van der Waals surface area contributed by atoms with Crippen LogP contribution in [-0.4, -0.2) is 74.3 Å². The van der Waals surface area contributed by atoms with Gasteiger partial charge in [0, 0.05) is 43.7 Å². The molecule has 0 bridgehead atoms. The number of nitrogens with one attached hydrogen (secondary N) is 1. The molecule has 194 valence electrons. The molecule has 1 N–H and O–H groups in total. The third-order valence-corrected chi connectivity index (χ3v) is 8.05. The van der Waals surface area contributed by atoms with Gasteiger partial charge >= 0.3 is 0 Å². The Hall–Kier alpha value is -2.50. The summed E-state index contributed by atoms with van der Waals surface area (Å²) in [6, 6.07) is 5.70. The second-order valence-electron chi connectivity index (χ2n) is 9.60. The van der Waals surface area contributed by atoms with E-state index in [0.717, 1.165) is 62.6 Å². The fraction of sp³-hybridized carbons (Fsp3) is 0.440. The molecule has 0 spiro atoms. The summed E-state index contributed by atoms with van der Waals surface area (Å²) < 4.78 is 14.7. The van der Waals surface area contributed by atoms with E-state index in [-0.39, 0.29) is 5.60 Å². The zero-order chi connectivity index (χ0) is 25.4. The van der Waals surface area contributed by atoms with Crippen molar-refractivity contribution in [1.29, 1.82) is 0 Å². The van der Waals surface area contributed by atoms with Gasteiger partial charge in [-0.05, 0) is 38.0 Å². The highest BCUT2D eigenvalue weighted by Gasteiger charge is 2.41. The molecule has 9 nitrogen and oxygen atoms in total. The number of imidazole rings is 1. The van der Waals surface area contributed by atoms with Gasteiger partial charge in [-0.2, -0.15) is 4.98 Å². The molecule has 0 atom stereocenters. The average Bonchev–Trinajstić information content (AvgIpc) is 3.29. The summed E-state index contributed by atoms with van der Waals surface area (Å²) in [6.45, 7) is 8.11. The normalized spacial score (nSPS) is 17.3. The third kappa shape index (κ3) is 5.53. The predicted octanol–water partition coefficient (Wildman–Crippen LogP) is 4.52. The van der Waals surface area contributed by atoms with Crippen LogP contribution in [0.4, 0.5) is 0 Å². The third-order valence-electron chi connectivity index (χ3n) is 6.71. The summed E-state index contributed by atoms with van der Waals surface area (Å²) in [6.07, 6.45) is 3.49. The molecule has 0 amide bonds. The number of hydrogen-bond donors (Lipinski definition) is 1. The molecule has 4 aromatic rings. The van der Waals surface area contributed by atoms with E-state index in [1.807, 2.05) is 28.1 Å². The topological polar surface area (TPSA) is 90.2 Å². The molecule has 0 radical (unpaired) electrons. The lowest BCUT2D eigenvalue weighted by Crippen LogP contribution is -2.44. The number of fused-ring (bicyclic) bond motifs is 1. The SMILES string of the molecule is CC1(Oc2ncnc3c2nc(-c2ccc(OCCN4CCNCC4)cc2Cl)n3Cc2csc(Cl)n2)CC1. The zero-order valence-electron chi connectivity index (χ0n) is 20.4. The average molecular weight is 561 g/mol. The van der Waals surface area contributed by atoms with Crippen molar-refractivity contribution in [2.24, 2.45) is 0 Å². The number of benzene rings is 1. The molecule has 1 saturated heterocycles. The Morgan fingerprint density at radius 2 is 1.97 bits per heavy atom. The van der Waals surface area contributed by atoms with Crippen LogP contribution in [0, 0.1) is 0 Å². The minimum Gasteiger partial charge on any atom is -0.492 e. The number of halogens is 2. The fourth-order valence-electron chi connectivity index (χ4n) is 4.37. The van der Waals surface area contributed by atoms with E-state index in [1.54, 1.807) is 0 Å². The maximum Gasteiger partial charge on any atom is 0.245 e. The Morgan fingerprint density at radius 3 is 2.70 bits per heavy atom. The van der Waals surface area contributed by atoms with E-state index >= 15 is 0 Å². The highest BCUT2D eigenvalue weighted by molar-refractivity contribution is 7.13. The first-order chi connectivity index (χ1) is 18.0. The van der Waals surface area contributed by atoms with Gasteiger partial charge in [0.25, 0.3) is 0 Å². The number of ether oxygens (including phenoxy) is 2. The Morgan fingerprint density at radius 1 is 1.14 bits per heavy atom. The number of hydrogen-bond acceptors (Lipinski definition) is 9. The van der Waals surface area contributed by atoms with E-state index in [4.69, 9.17) is 37.7 Å². The Kier molecular flexibility index (Phi) is 6.93. The lowest BCUT2D eigenvalue weighted by Gasteiger charge is -2.26. The summed E-state index contributed by atoms with van der Waals surface area (Å²) in [4.78, 5) is 20.7. The molecule has 37 heavy (non-hydrogen) atoms. The summed E-state index contributed by atoms with van der Waals surface area (Å²) in [5.41, 5.74) is 2.63. The van der Waals surface area contributed by atoms with E-state index < -0.39 is 0 Å². The van der Waals surface area contributed by atoms with Gasteiger partial charge in [0.2, 0.25) is 5.88 Å². The second kappa shape index (κ2) is 10.3. The molecular formula is C25H27Cl2N7O2S. The number of nitrogens with zero attached hydrogens (tertiary/aromatic N) is 6. The molecule has 4 heterocycles. The van der Waals surface area contributed by atoms with E-state index in [2.05, 4.69) is 32.1 Å². The molecule has 2 aliphatic rings. The van der Waals surface area contributed by atoms with Gasteiger partial charge in [0.05, 0.1) is 17.3 Å². The maximum absolute atomic E-state index is 6.80. The highest BCUT2D eigenvalue weighted by atomic mass is 35.5. The Balaban J connectivity index is 1.31. The predicted molar refractivity (Wildman–Crippen MR) is 145 cm³/mol. The van der Waals surface area contributed by atoms with Crippen molar-refractivity contribution in [2.75, 3.05) is 39.3 Å². The van der Waals surface area contributed by atoms with Crippen LogP contribution in [0.2, 0.25) is 9.49 Å². The van der Waals surface area contributed by atoms with Crippen LogP contribution in [0.5, 0.6) is 11.6 Å². The van der Waals surface area contributed by atoms with E-state index in [1.165, 1.54) is 17.7 Å². The van der Waals surface area contributed by atoms with Crippen LogP contribution >= 0.6 is 34.5 Å². The minimum atomic E-state index is -0.199. The van der Waals surface area contributed by atoms with Crippen molar-refractivity contribution in [1.82, 2.24) is 34.7 Å². The largest absolute Gasteiger partial charge is 0.492 e. The minimum absolute atomic E-state index is 0.199. The molecule has 6 rings (SSSR count). The number of thiazole rings is 1. The van der Waals surface area contributed by atoms with Gasteiger partial charge in [-0.25, -0.2) is 15.0 Å². The van der Waals surface area contributed by atoms with Crippen LogP contribution in [0.25, 0.3) is 22.6 Å². The van der Waals surface area contributed by atoms with Gasteiger partial charge in [-0.3, -0.25) is 4.90 Å². The number of aromatic nitrogens is 5. The first-order valence-electron chi connectivity index (χ1n) is 12.3. The van der Waals surface area contributed by atoms with Crippen molar-refractivity contribution in [3.63, 3.8) is 0 Å². The molecule has 1 saturated carbocycles. The van der Waals surface area contributed by atoms with Crippen molar-refractivity contribution in [2.45, 2.75) is 31.9 Å². The molecule has 0 unspecified atom stereocenters. The molecule has 1 aliphatic heterocycles. The smallest absolute Gasteiger partial charge is 0.245 e. The van der Waals surface area contributed by atoms with Gasteiger partial charge in [-0.15, -0.1) is 11.3 Å². The zero-order valence-corrected chi connectivity index (χ0v) is 22.7. The number of piperazine rings is 1. The van der Waals surface area contributed by atoms with Gasteiger partial charge < -0.3 is 19.4 Å². The molecule has 3 aromatic heterocycles. The quantitative estimate of drug-likeness (QED) is 0.320. The van der Waals surface area contributed by atoms with Crippen molar-refractivity contribution in [3.8, 4) is 23.0 Å². The van der Waals surface area contributed by atoms with Crippen molar-refractivity contribution in [3.05, 3.63) is 45.1 Å². The van der Waals surface area contributed by atoms with Crippen LogP contribution in [0.1, 0.15) is 25.5 Å². The Labute approximate surface area is 228 Å². The second-order valence-corrected chi connectivity index (χ2v) is 11.4. The molecule has 1 aliphatic carbocycles. The Bertz CT molecular complexity index is 1420. The van der Waals surface area contributed by atoms with E-state index in [0.29, 0.717) is 45.5 Å². The van der Waals surface area contributed by atoms with Crippen LogP contribution < -0.4 is 14.8 Å². The van der Waals surface area contributed by atoms with Gasteiger partial charge in [0.15, 0.2) is 15.6 Å². The van der Waals surface area contributed by atoms with Gasteiger partial charge in [0.1, 0.15) is 30.1 Å². The fourth-order valence-corrected chi connectivity index (χ4v) is 5.40. The molecule has 2 fully saturated rings. The van der Waals surface area contributed by atoms with Crippen LogP contribution in [0.15, 0.2) is 29.9 Å². The van der Waals surface area contributed by atoms with Crippen LogP contribution in [-0.2, 0) is 6.54 Å². The first-order valence-corrected chi connectivity index (χ1v) is 14.0. The summed E-state index contributed by atoms with van der Waals surface area (Å²) >= 11 is 14.3. The summed E-state index contributed by atoms with van der Waals surface area (Å²) in [7, 11) is 0. The molecule has 12 heteroatoms. The van der Waals surface area contributed by atoms with Crippen molar-refractivity contribution < 1.29 is 9.47 Å². The molecular weight excluding hydrogens is 533 g/mol. The summed E-state index contributed by atoms with van der Waals surface area (Å²) in [5, 5.41) is 5.83. The first kappa shape index (κ1) is 24.8. The van der Waals surface area contributed by atoms with Crippen LogP contribution in [0.3, 0.4) is 0 Å². The van der Waals surface area contributed by atoms with E-state index in [9.17, 15) is 0 Å². The summed E-state index contributed by atoms with van der Waals surface area (Å²) in [5.74, 6) is 1.86. The number of rotatable bonds is 9. The molecule has 1 aromatic carbocycles. The van der Waals surface area contributed by atoms with Gasteiger partial charge in [-0.1, -0.05) is 23.2 Å². The lowest BCUT2D eigenvalue weighted by molar-refractivity contribution is 0.191. The van der Waals surface area contributed by atoms with Crippen molar-refractivity contribution >= 4 is 45.7 Å². The monoisotopic (exact) mass is 559 g/mol. The maximum atomic E-state index is 6.80. The standard InChI is InChI=1S/C25H27Cl2N7O2S/c1-25(4-5-25)36-23-20-22(29-15-30-23)34(13-16-14-37-24(27)31-16)21(32-20)18-3-2-17(12-19(18)26)35-11-10-33-8-6-28-7-9-33/h2-3,12,14-15,28H,4-11,13H2,1H3. The lowest BCUT2D eigenvalue weighted by atomic mass is 10.2.